The number of carbonyl (C=O) groups is 1. The third-order valence-corrected chi connectivity index (χ3v) is 8.09. The van der Waals surface area contributed by atoms with Crippen molar-refractivity contribution in [1.82, 2.24) is 9.80 Å². The van der Waals surface area contributed by atoms with E-state index in [1.54, 1.807) is 12.1 Å². The smallest absolute Gasteiger partial charge is 0.233 e. The third-order valence-electron chi connectivity index (χ3n) is 6.34. The van der Waals surface area contributed by atoms with Crippen LogP contribution in [0.1, 0.15) is 31.2 Å². The summed E-state index contributed by atoms with van der Waals surface area (Å²) >= 11 is 0. The summed E-state index contributed by atoms with van der Waals surface area (Å²) in [6.07, 6.45) is 3.36. The lowest BCUT2D eigenvalue weighted by Crippen LogP contribution is -2.58. The monoisotopic (exact) mass is 380 g/mol. The van der Waals surface area contributed by atoms with Crippen LogP contribution in [0.4, 0.5) is 4.39 Å². The van der Waals surface area contributed by atoms with Gasteiger partial charge in [-0.1, -0.05) is 18.6 Å². The largest absolute Gasteiger partial charge is 0.339 e. The number of carbonyl (C=O) groups excluding carboxylic acids is 1. The van der Waals surface area contributed by atoms with Crippen molar-refractivity contribution in [2.45, 2.75) is 37.1 Å². The Labute approximate surface area is 154 Å². The van der Waals surface area contributed by atoms with Crippen LogP contribution in [0.15, 0.2) is 24.3 Å². The summed E-state index contributed by atoms with van der Waals surface area (Å²) in [5.74, 6) is 0.398. The molecule has 142 valence electrons. The van der Waals surface area contributed by atoms with Gasteiger partial charge in [-0.25, -0.2) is 12.8 Å². The highest BCUT2D eigenvalue weighted by Crippen LogP contribution is 2.45. The van der Waals surface area contributed by atoms with Crippen LogP contribution in [-0.2, 0) is 20.0 Å². The van der Waals surface area contributed by atoms with Crippen LogP contribution < -0.4 is 0 Å². The quantitative estimate of drug-likeness (QED) is 0.799. The van der Waals surface area contributed by atoms with Crippen LogP contribution in [0.3, 0.4) is 0 Å². The molecular formula is C19H25FN2O3S. The van der Waals surface area contributed by atoms with Gasteiger partial charge in [-0.15, -0.1) is 0 Å². The number of hydrogen-bond donors (Lipinski definition) is 0. The first kappa shape index (κ1) is 17.9. The van der Waals surface area contributed by atoms with E-state index < -0.39 is 15.3 Å². The standard InChI is InChI=1S/C19H25FN2O3S/c20-16-4-2-15(3-5-16)19(7-1-8-19)18(23)22-11-9-21(10-12-22)17-6-13-26(24,25)14-17/h2-5,17H,1,6-14H2. The molecular weight excluding hydrogens is 355 g/mol. The van der Waals surface area contributed by atoms with Crippen molar-refractivity contribution in [3.63, 3.8) is 0 Å². The molecule has 7 heteroatoms. The number of rotatable bonds is 3. The summed E-state index contributed by atoms with van der Waals surface area (Å²) in [7, 11) is -2.89. The Balaban J connectivity index is 1.42. The minimum absolute atomic E-state index is 0.104. The summed E-state index contributed by atoms with van der Waals surface area (Å²) in [4.78, 5) is 17.4. The van der Waals surface area contributed by atoms with Gasteiger partial charge in [0.2, 0.25) is 5.91 Å². The summed E-state index contributed by atoms with van der Waals surface area (Å²) in [5, 5.41) is 0. The Bertz CT molecular complexity index is 782. The van der Waals surface area contributed by atoms with Crippen LogP contribution in [0.25, 0.3) is 0 Å². The van der Waals surface area contributed by atoms with E-state index >= 15 is 0 Å². The number of benzene rings is 1. The zero-order valence-corrected chi connectivity index (χ0v) is 15.7. The van der Waals surface area contributed by atoms with Crippen LogP contribution >= 0.6 is 0 Å². The maximum Gasteiger partial charge on any atom is 0.233 e. The molecule has 0 radical (unpaired) electrons. The van der Waals surface area contributed by atoms with Crippen LogP contribution in [0, 0.1) is 5.82 Å². The first-order chi connectivity index (χ1) is 12.4. The fraction of sp³-hybridized carbons (Fsp3) is 0.632. The highest BCUT2D eigenvalue weighted by Gasteiger charge is 2.48. The van der Waals surface area contributed by atoms with Crippen molar-refractivity contribution in [2.24, 2.45) is 0 Å². The molecule has 3 aliphatic rings. The lowest BCUT2D eigenvalue weighted by atomic mass is 9.63. The van der Waals surface area contributed by atoms with Crippen molar-refractivity contribution in [2.75, 3.05) is 37.7 Å². The first-order valence-corrected chi connectivity index (χ1v) is 11.2. The average Bonchev–Trinajstić information content (AvgIpc) is 2.95. The molecule has 1 atom stereocenters. The number of sulfone groups is 1. The Hall–Kier alpha value is -1.47. The minimum Gasteiger partial charge on any atom is -0.339 e. The highest BCUT2D eigenvalue weighted by atomic mass is 32.2. The summed E-state index contributed by atoms with van der Waals surface area (Å²) < 4.78 is 36.6. The van der Waals surface area contributed by atoms with Gasteiger partial charge in [-0.2, -0.15) is 0 Å². The number of halogens is 1. The first-order valence-electron chi connectivity index (χ1n) is 9.40. The van der Waals surface area contributed by atoms with Gasteiger partial charge >= 0.3 is 0 Å². The molecule has 1 saturated carbocycles. The molecule has 0 N–H and O–H groups in total. The fourth-order valence-corrected chi connectivity index (χ4v) is 6.34. The SMILES string of the molecule is O=C(N1CCN(C2CCS(=O)(=O)C2)CC1)C1(c2ccc(F)cc2)CCC1. The molecule has 1 amide bonds. The highest BCUT2D eigenvalue weighted by molar-refractivity contribution is 7.91. The van der Waals surface area contributed by atoms with E-state index in [-0.39, 0.29) is 29.3 Å². The Morgan fingerprint density at radius 1 is 1.08 bits per heavy atom. The molecule has 5 nitrogen and oxygen atoms in total. The van der Waals surface area contributed by atoms with Crippen molar-refractivity contribution in [3.8, 4) is 0 Å². The lowest BCUT2D eigenvalue weighted by molar-refractivity contribution is -0.143. The van der Waals surface area contributed by atoms with E-state index in [9.17, 15) is 17.6 Å². The molecule has 0 bridgehead atoms. The van der Waals surface area contributed by atoms with Gasteiger partial charge in [0.25, 0.3) is 0 Å². The fourth-order valence-electron chi connectivity index (χ4n) is 4.58. The third kappa shape index (κ3) is 3.16. The summed E-state index contributed by atoms with van der Waals surface area (Å²) in [6, 6.07) is 6.45. The van der Waals surface area contributed by atoms with Gasteiger partial charge in [-0.05, 0) is 37.0 Å². The van der Waals surface area contributed by atoms with Crippen molar-refractivity contribution < 1.29 is 17.6 Å². The maximum absolute atomic E-state index is 13.3. The average molecular weight is 380 g/mol. The van der Waals surface area contributed by atoms with Crippen LogP contribution in [0.2, 0.25) is 0 Å². The zero-order chi connectivity index (χ0) is 18.4. The molecule has 0 aromatic heterocycles. The molecule has 3 fully saturated rings. The second-order valence-corrected chi connectivity index (χ2v) is 10.1. The zero-order valence-electron chi connectivity index (χ0n) is 14.9. The number of nitrogens with zero attached hydrogens (tertiary/aromatic N) is 2. The van der Waals surface area contributed by atoms with Gasteiger partial charge in [0, 0.05) is 32.2 Å². The Morgan fingerprint density at radius 2 is 1.73 bits per heavy atom. The van der Waals surface area contributed by atoms with E-state index in [4.69, 9.17) is 0 Å². The summed E-state index contributed by atoms with van der Waals surface area (Å²) in [6.45, 7) is 2.73. The van der Waals surface area contributed by atoms with Crippen LogP contribution in [-0.4, -0.2) is 67.9 Å². The Kier molecular flexibility index (Phi) is 4.55. The molecule has 1 unspecified atom stereocenters. The predicted octanol–water partition coefficient (Wildman–Crippen LogP) is 1.58. The van der Waals surface area contributed by atoms with E-state index in [0.29, 0.717) is 19.5 Å². The number of piperazine rings is 1. The van der Waals surface area contributed by atoms with E-state index in [1.807, 2.05) is 4.90 Å². The second-order valence-electron chi connectivity index (χ2n) is 7.83. The molecule has 2 heterocycles. The van der Waals surface area contributed by atoms with E-state index in [1.165, 1.54) is 12.1 Å². The minimum atomic E-state index is -2.89. The molecule has 2 saturated heterocycles. The van der Waals surface area contributed by atoms with Gasteiger partial charge < -0.3 is 4.90 Å². The molecule has 26 heavy (non-hydrogen) atoms. The van der Waals surface area contributed by atoms with E-state index in [0.717, 1.165) is 37.9 Å². The van der Waals surface area contributed by atoms with Gasteiger partial charge in [0.1, 0.15) is 5.82 Å². The van der Waals surface area contributed by atoms with E-state index in [2.05, 4.69) is 4.90 Å². The van der Waals surface area contributed by atoms with Crippen molar-refractivity contribution >= 4 is 15.7 Å². The van der Waals surface area contributed by atoms with Crippen LogP contribution in [0.5, 0.6) is 0 Å². The molecule has 1 aromatic carbocycles. The molecule has 4 rings (SSSR count). The Morgan fingerprint density at radius 3 is 2.23 bits per heavy atom. The molecule has 1 aromatic rings. The van der Waals surface area contributed by atoms with Gasteiger partial charge in [0.05, 0.1) is 16.9 Å². The van der Waals surface area contributed by atoms with Gasteiger partial charge in [-0.3, -0.25) is 9.69 Å². The molecule has 1 aliphatic carbocycles. The number of amides is 1. The van der Waals surface area contributed by atoms with Crippen molar-refractivity contribution in [3.05, 3.63) is 35.6 Å². The lowest BCUT2D eigenvalue weighted by Gasteiger charge is -2.46. The topological polar surface area (TPSA) is 57.7 Å². The maximum atomic E-state index is 13.3. The normalized spacial score (nSPS) is 27.9. The molecule has 2 aliphatic heterocycles. The molecule has 0 spiro atoms. The summed E-state index contributed by atoms with van der Waals surface area (Å²) in [5.41, 5.74) is 0.423. The van der Waals surface area contributed by atoms with Gasteiger partial charge in [0.15, 0.2) is 9.84 Å². The predicted molar refractivity (Wildman–Crippen MR) is 97.1 cm³/mol. The number of hydrogen-bond acceptors (Lipinski definition) is 4. The second kappa shape index (κ2) is 6.60. The van der Waals surface area contributed by atoms with Crippen molar-refractivity contribution in [1.29, 1.82) is 0 Å².